The Morgan fingerprint density at radius 3 is 2.83 bits per heavy atom. The maximum atomic E-state index is 10.9. The minimum atomic E-state index is -1.10. The number of aromatic nitrogens is 1. The predicted molar refractivity (Wildman–Crippen MR) is 74.8 cm³/mol. The number of rotatable bonds is 5. The Balaban J connectivity index is 2.06. The molecule has 98 valence electrons. The first kappa shape index (κ1) is 13.5. The molecular formula is C12H15ClN2O2S. The van der Waals surface area contributed by atoms with Crippen LogP contribution in [0.15, 0.2) is 12.1 Å². The zero-order valence-electron chi connectivity index (χ0n) is 10.1. The zero-order valence-corrected chi connectivity index (χ0v) is 11.6. The number of carbonyl (C=O) groups is 1. The molecule has 1 heterocycles. The standard InChI is InChI=1S/C12H15ClN2O2S/c1-18-12(5-2-6-12)7-14-9-4-3-8(13)10(15-9)11(16)17/h3-4H,2,5-7H2,1H3,(H,14,15)(H,16,17). The van der Waals surface area contributed by atoms with Gasteiger partial charge in [0.25, 0.3) is 0 Å². The Morgan fingerprint density at radius 2 is 2.33 bits per heavy atom. The van der Waals surface area contributed by atoms with Crippen molar-refractivity contribution in [2.75, 3.05) is 18.1 Å². The highest BCUT2D eigenvalue weighted by Gasteiger charge is 2.35. The van der Waals surface area contributed by atoms with Gasteiger partial charge in [-0.2, -0.15) is 11.8 Å². The molecule has 0 bridgehead atoms. The summed E-state index contributed by atoms with van der Waals surface area (Å²) in [5, 5.41) is 12.3. The summed E-state index contributed by atoms with van der Waals surface area (Å²) < 4.78 is 0.282. The van der Waals surface area contributed by atoms with E-state index in [-0.39, 0.29) is 15.5 Å². The number of nitrogens with one attached hydrogen (secondary N) is 1. The molecule has 0 aromatic carbocycles. The molecule has 0 spiro atoms. The van der Waals surface area contributed by atoms with Gasteiger partial charge in [0.2, 0.25) is 0 Å². The quantitative estimate of drug-likeness (QED) is 0.871. The minimum absolute atomic E-state index is 0.103. The van der Waals surface area contributed by atoms with Gasteiger partial charge < -0.3 is 10.4 Å². The number of carboxylic acids is 1. The second kappa shape index (κ2) is 5.36. The van der Waals surface area contributed by atoms with Crippen molar-refractivity contribution in [2.24, 2.45) is 0 Å². The lowest BCUT2D eigenvalue weighted by Crippen LogP contribution is -2.40. The lowest BCUT2D eigenvalue weighted by Gasteiger charge is -2.40. The Labute approximate surface area is 115 Å². The third kappa shape index (κ3) is 2.72. The lowest BCUT2D eigenvalue weighted by molar-refractivity contribution is 0.0691. The Bertz CT molecular complexity index is 458. The number of pyridine rings is 1. The molecule has 0 aliphatic heterocycles. The molecule has 18 heavy (non-hydrogen) atoms. The van der Waals surface area contributed by atoms with E-state index in [1.807, 2.05) is 11.8 Å². The largest absolute Gasteiger partial charge is 0.476 e. The summed E-state index contributed by atoms with van der Waals surface area (Å²) in [6, 6.07) is 3.27. The number of anilines is 1. The molecule has 1 fully saturated rings. The van der Waals surface area contributed by atoms with Gasteiger partial charge in [-0.15, -0.1) is 0 Å². The summed E-state index contributed by atoms with van der Waals surface area (Å²) in [4.78, 5) is 14.9. The van der Waals surface area contributed by atoms with Crippen molar-refractivity contribution in [2.45, 2.75) is 24.0 Å². The number of halogens is 1. The summed E-state index contributed by atoms with van der Waals surface area (Å²) in [7, 11) is 0. The average Bonchev–Trinajstić information content (AvgIpc) is 2.30. The van der Waals surface area contributed by atoms with E-state index in [9.17, 15) is 4.79 Å². The van der Waals surface area contributed by atoms with E-state index in [2.05, 4.69) is 16.6 Å². The summed E-state index contributed by atoms with van der Waals surface area (Å²) in [6.07, 6.45) is 5.76. The van der Waals surface area contributed by atoms with Gasteiger partial charge in [0.05, 0.1) is 5.02 Å². The van der Waals surface area contributed by atoms with Gasteiger partial charge >= 0.3 is 5.97 Å². The van der Waals surface area contributed by atoms with Crippen molar-refractivity contribution in [3.8, 4) is 0 Å². The van der Waals surface area contributed by atoms with E-state index < -0.39 is 5.97 Å². The first-order chi connectivity index (χ1) is 8.56. The second-order valence-electron chi connectivity index (χ2n) is 4.43. The van der Waals surface area contributed by atoms with Crippen LogP contribution in [0, 0.1) is 0 Å². The number of aromatic carboxylic acids is 1. The molecular weight excluding hydrogens is 272 g/mol. The van der Waals surface area contributed by atoms with Crippen LogP contribution >= 0.6 is 23.4 Å². The van der Waals surface area contributed by atoms with E-state index in [1.165, 1.54) is 19.3 Å². The maximum absolute atomic E-state index is 10.9. The summed E-state index contributed by atoms with van der Waals surface area (Å²) in [5.41, 5.74) is -0.103. The molecule has 2 N–H and O–H groups in total. The minimum Gasteiger partial charge on any atom is -0.476 e. The SMILES string of the molecule is CSC1(CNc2ccc(Cl)c(C(=O)O)n2)CCC1. The molecule has 0 amide bonds. The highest BCUT2D eigenvalue weighted by atomic mass is 35.5. The smallest absolute Gasteiger partial charge is 0.356 e. The molecule has 0 saturated heterocycles. The molecule has 1 saturated carbocycles. The first-order valence-corrected chi connectivity index (χ1v) is 7.35. The fraction of sp³-hybridized carbons (Fsp3) is 0.500. The van der Waals surface area contributed by atoms with Crippen LogP contribution in [0.2, 0.25) is 5.02 Å². The summed E-state index contributed by atoms with van der Waals surface area (Å²) >= 11 is 7.63. The van der Waals surface area contributed by atoms with Crippen molar-refractivity contribution >= 4 is 35.1 Å². The Morgan fingerprint density at radius 1 is 1.61 bits per heavy atom. The van der Waals surface area contributed by atoms with Crippen molar-refractivity contribution < 1.29 is 9.90 Å². The van der Waals surface area contributed by atoms with E-state index in [0.29, 0.717) is 5.82 Å². The third-order valence-corrected chi connectivity index (χ3v) is 5.06. The van der Waals surface area contributed by atoms with Crippen molar-refractivity contribution in [1.29, 1.82) is 0 Å². The molecule has 2 rings (SSSR count). The van der Waals surface area contributed by atoms with Gasteiger partial charge in [-0.1, -0.05) is 18.0 Å². The molecule has 1 aliphatic carbocycles. The first-order valence-electron chi connectivity index (χ1n) is 5.75. The van der Waals surface area contributed by atoms with Crippen LogP contribution in [0.5, 0.6) is 0 Å². The predicted octanol–water partition coefficient (Wildman–Crippen LogP) is 3.13. The lowest BCUT2D eigenvalue weighted by atomic mass is 9.84. The second-order valence-corrected chi connectivity index (χ2v) is 6.11. The Hall–Kier alpha value is -0.940. The monoisotopic (exact) mass is 286 g/mol. The van der Waals surface area contributed by atoms with Gasteiger partial charge in [0.15, 0.2) is 5.69 Å². The highest BCUT2D eigenvalue weighted by molar-refractivity contribution is 8.00. The molecule has 0 radical (unpaired) electrons. The van der Waals surface area contributed by atoms with Crippen LogP contribution in [-0.2, 0) is 0 Å². The van der Waals surface area contributed by atoms with Crippen LogP contribution < -0.4 is 5.32 Å². The van der Waals surface area contributed by atoms with Gasteiger partial charge in [0.1, 0.15) is 5.82 Å². The van der Waals surface area contributed by atoms with Crippen LogP contribution in [0.3, 0.4) is 0 Å². The van der Waals surface area contributed by atoms with Crippen molar-refractivity contribution in [1.82, 2.24) is 4.98 Å². The molecule has 0 atom stereocenters. The van der Waals surface area contributed by atoms with Gasteiger partial charge in [-0.25, -0.2) is 9.78 Å². The molecule has 0 unspecified atom stereocenters. The average molecular weight is 287 g/mol. The maximum Gasteiger partial charge on any atom is 0.356 e. The summed E-state index contributed by atoms with van der Waals surface area (Å²) in [5.74, 6) is -0.538. The number of thioether (sulfide) groups is 1. The highest BCUT2D eigenvalue weighted by Crippen LogP contribution is 2.42. The van der Waals surface area contributed by atoms with Gasteiger partial charge in [0, 0.05) is 11.3 Å². The molecule has 6 heteroatoms. The van der Waals surface area contributed by atoms with Crippen LogP contribution in [0.25, 0.3) is 0 Å². The molecule has 1 aromatic heterocycles. The molecule has 1 aromatic rings. The van der Waals surface area contributed by atoms with Crippen LogP contribution in [0.1, 0.15) is 29.8 Å². The number of hydrogen-bond donors (Lipinski definition) is 2. The van der Waals surface area contributed by atoms with E-state index in [4.69, 9.17) is 16.7 Å². The number of hydrogen-bond acceptors (Lipinski definition) is 4. The van der Waals surface area contributed by atoms with E-state index in [0.717, 1.165) is 6.54 Å². The molecule has 1 aliphatic rings. The van der Waals surface area contributed by atoms with E-state index >= 15 is 0 Å². The third-order valence-electron chi connectivity index (χ3n) is 3.34. The Kier molecular flexibility index (Phi) is 4.02. The van der Waals surface area contributed by atoms with Gasteiger partial charge in [-0.3, -0.25) is 0 Å². The fourth-order valence-corrected chi connectivity index (χ4v) is 3.07. The van der Waals surface area contributed by atoms with E-state index in [1.54, 1.807) is 12.1 Å². The fourth-order valence-electron chi connectivity index (χ4n) is 1.97. The number of carboxylic acid groups (broad SMARTS) is 1. The number of nitrogens with zero attached hydrogens (tertiary/aromatic N) is 1. The normalized spacial score (nSPS) is 17.0. The zero-order chi connectivity index (χ0) is 13.2. The van der Waals surface area contributed by atoms with Crippen LogP contribution in [-0.4, -0.2) is 33.6 Å². The molecule has 4 nitrogen and oxygen atoms in total. The summed E-state index contributed by atoms with van der Waals surface area (Å²) in [6.45, 7) is 0.807. The van der Waals surface area contributed by atoms with Crippen LogP contribution in [0.4, 0.5) is 5.82 Å². The topological polar surface area (TPSA) is 62.2 Å². The van der Waals surface area contributed by atoms with Crippen molar-refractivity contribution in [3.05, 3.63) is 22.8 Å². The van der Waals surface area contributed by atoms with Crippen molar-refractivity contribution in [3.63, 3.8) is 0 Å². The van der Waals surface area contributed by atoms with Gasteiger partial charge in [-0.05, 0) is 31.2 Å².